The summed E-state index contributed by atoms with van der Waals surface area (Å²) in [6.45, 7) is 0.290. The number of furan rings is 1. The number of fused-ring (bicyclic) bond motifs is 1. The van der Waals surface area contributed by atoms with Crippen LogP contribution < -0.4 is 20.1 Å². The van der Waals surface area contributed by atoms with E-state index in [9.17, 15) is 18.0 Å². The molecule has 0 bridgehead atoms. The summed E-state index contributed by atoms with van der Waals surface area (Å²) >= 11 is 0.759. The quantitative estimate of drug-likeness (QED) is 0.196. The van der Waals surface area contributed by atoms with Crippen molar-refractivity contribution in [3.63, 3.8) is 0 Å². The first-order valence-corrected chi connectivity index (χ1v) is 13.5. The number of nitrogens with one attached hydrogen (secondary N) is 3. The van der Waals surface area contributed by atoms with Gasteiger partial charge in [0.05, 0.1) is 21.8 Å². The smallest absolute Gasteiger partial charge is 0.290 e. The Kier molecular flexibility index (Phi) is 7.35. The molecular formula is C24H20N6O6S2. The van der Waals surface area contributed by atoms with Crippen LogP contribution in [0.15, 0.2) is 75.3 Å². The molecule has 2 amide bonds. The summed E-state index contributed by atoms with van der Waals surface area (Å²) in [6, 6.07) is 11.6. The fourth-order valence-corrected chi connectivity index (χ4v) is 5.46. The number of hydrogen-bond donors (Lipinski definition) is 3. The lowest BCUT2D eigenvalue weighted by Crippen LogP contribution is -2.29. The van der Waals surface area contributed by atoms with Gasteiger partial charge in [-0.05, 0) is 42.1 Å². The Morgan fingerprint density at radius 1 is 1.11 bits per heavy atom. The van der Waals surface area contributed by atoms with Gasteiger partial charge in [0.15, 0.2) is 0 Å². The number of rotatable bonds is 10. The summed E-state index contributed by atoms with van der Waals surface area (Å²) in [5.41, 5.74) is 0.314. The molecule has 1 fully saturated rings. The summed E-state index contributed by atoms with van der Waals surface area (Å²) < 4.78 is 39.4. The van der Waals surface area contributed by atoms with Gasteiger partial charge in [-0.15, -0.1) is 0 Å². The van der Waals surface area contributed by atoms with Gasteiger partial charge in [-0.3, -0.25) is 19.9 Å². The largest absolute Gasteiger partial charge is 0.469 e. The van der Waals surface area contributed by atoms with Crippen LogP contribution in [0.1, 0.15) is 11.5 Å². The number of aromatic nitrogens is 3. The molecule has 3 N–H and O–H groups in total. The van der Waals surface area contributed by atoms with Crippen molar-refractivity contribution in [1.29, 1.82) is 0 Å². The Labute approximate surface area is 221 Å². The third-order valence-electron chi connectivity index (χ3n) is 5.22. The molecule has 0 saturated carbocycles. The molecule has 1 aliphatic rings. The van der Waals surface area contributed by atoms with Crippen molar-refractivity contribution in [1.82, 2.24) is 25.0 Å². The van der Waals surface area contributed by atoms with Gasteiger partial charge in [-0.1, -0.05) is 12.1 Å². The van der Waals surface area contributed by atoms with E-state index in [1.54, 1.807) is 36.5 Å². The zero-order valence-corrected chi connectivity index (χ0v) is 21.2. The van der Waals surface area contributed by atoms with Crippen LogP contribution in [0.4, 0.5) is 10.7 Å². The molecule has 4 aromatic rings. The number of carbonyl (C=O) groups excluding carboxylic acids is 2. The first kappa shape index (κ1) is 25.4. The Hall–Kier alpha value is -4.27. The molecule has 3 aromatic heterocycles. The van der Waals surface area contributed by atoms with Crippen molar-refractivity contribution in [3.05, 3.63) is 77.5 Å². The van der Waals surface area contributed by atoms with E-state index in [2.05, 4.69) is 30.3 Å². The van der Waals surface area contributed by atoms with Gasteiger partial charge in [-0.2, -0.15) is 4.98 Å². The van der Waals surface area contributed by atoms with Crippen molar-refractivity contribution in [2.75, 3.05) is 18.4 Å². The maximum absolute atomic E-state index is 12.9. The monoisotopic (exact) mass is 552 g/mol. The standard InChI is InChI=1S/C24H20N6O6S2/c31-22-19(37-24(32)30-22)11-16-12-21(36-14-17-4-2-10-35-17)29-23(28-16)26-8-9-27-38(33,34)20-5-1-3-15-13-25-7-6-18(15)20/h1-7,10-13,27H,8-9,14H2,(H,26,28,29)(H,30,31,32)/b19-11+. The molecule has 0 radical (unpaired) electrons. The number of thioether (sulfide) groups is 1. The number of anilines is 1. The maximum Gasteiger partial charge on any atom is 0.290 e. The highest BCUT2D eigenvalue weighted by atomic mass is 32.2. The number of nitrogens with zero attached hydrogens (tertiary/aromatic N) is 3. The van der Waals surface area contributed by atoms with Gasteiger partial charge < -0.3 is 14.5 Å². The topological polar surface area (TPSA) is 165 Å². The van der Waals surface area contributed by atoms with Crippen LogP contribution in [0.2, 0.25) is 0 Å². The van der Waals surface area contributed by atoms with Gasteiger partial charge >= 0.3 is 0 Å². The summed E-state index contributed by atoms with van der Waals surface area (Å²) in [5, 5.41) is 5.95. The van der Waals surface area contributed by atoms with Gasteiger partial charge in [0.25, 0.3) is 11.1 Å². The Balaban J connectivity index is 1.29. The average molecular weight is 553 g/mol. The molecule has 1 saturated heterocycles. The molecule has 1 aliphatic heterocycles. The highest BCUT2D eigenvalue weighted by Gasteiger charge is 2.25. The molecular weight excluding hydrogens is 532 g/mol. The van der Waals surface area contributed by atoms with Gasteiger partial charge in [0.2, 0.25) is 21.9 Å². The predicted octanol–water partition coefficient (Wildman–Crippen LogP) is 2.91. The Morgan fingerprint density at radius 2 is 2.00 bits per heavy atom. The third-order valence-corrected chi connectivity index (χ3v) is 7.55. The normalized spacial score (nSPS) is 14.7. The molecule has 4 heterocycles. The lowest BCUT2D eigenvalue weighted by Gasteiger charge is -2.11. The molecule has 194 valence electrons. The number of imide groups is 1. The number of ether oxygens (including phenoxy) is 1. The zero-order valence-electron chi connectivity index (χ0n) is 19.6. The van der Waals surface area contributed by atoms with Crippen LogP contribution in [0.25, 0.3) is 16.8 Å². The fourth-order valence-electron chi connectivity index (χ4n) is 3.53. The van der Waals surface area contributed by atoms with Crippen molar-refractivity contribution in [2.24, 2.45) is 0 Å². The maximum atomic E-state index is 12.9. The Bertz CT molecular complexity index is 1630. The van der Waals surface area contributed by atoms with E-state index in [0.29, 0.717) is 22.2 Å². The van der Waals surface area contributed by atoms with E-state index in [4.69, 9.17) is 9.15 Å². The fraction of sp³-hybridized carbons (Fsp3) is 0.125. The number of carbonyl (C=O) groups is 2. The van der Waals surface area contributed by atoms with Gasteiger partial charge in [0, 0.05) is 42.3 Å². The van der Waals surface area contributed by atoms with Crippen molar-refractivity contribution in [2.45, 2.75) is 11.5 Å². The van der Waals surface area contributed by atoms with E-state index in [1.165, 1.54) is 30.7 Å². The van der Waals surface area contributed by atoms with E-state index in [-0.39, 0.29) is 41.3 Å². The summed E-state index contributed by atoms with van der Waals surface area (Å²) in [7, 11) is -3.80. The number of sulfonamides is 1. The van der Waals surface area contributed by atoms with Crippen molar-refractivity contribution < 1.29 is 27.2 Å². The van der Waals surface area contributed by atoms with Crippen LogP contribution in [0, 0.1) is 0 Å². The Morgan fingerprint density at radius 3 is 2.79 bits per heavy atom. The average Bonchev–Trinajstić information content (AvgIpc) is 3.54. The number of hydrogen-bond acceptors (Lipinski definition) is 11. The molecule has 38 heavy (non-hydrogen) atoms. The highest BCUT2D eigenvalue weighted by Crippen LogP contribution is 2.26. The minimum absolute atomic E-state index is 0.0355. The molecule has 1 aromatic carbocycles. The SMILES string of the molecule is O=C1NC(=O)/C(=C\c2cc(OCc3ccco3)nc(NCCNS(=O)(=O)c3cccc4cnccc34)n2)S1. The highest BCUT2D eigenvalue weighted by molar-refractivity contribution is 8.18. The van der Waals surface area contributed by atoms with E-state index >= 15 is 0 Å². The molecule has 0 aliphatic carbocycles. The van der Waals surface area contributed by atoms with E-state index < -0.39 is 21.2 Å². The van der Waals surface area contributed by atoms with Crippen LogP contribution in [-0.2, 0) is 21.4 Å². The predicted molar refractivity (Wildman–Crippen MR) is 140 cm³/mol. The first-order valence-electron chi connectivity index (χ1n) is 11.2. The lowest BCUT2D eigenvalue weighted by molar-refractivity contribution is -0.115. The molecule has 12 nitrogen and oxygen atoms in total. The lowest BCUT2D eigenvalue weighted by atomic mass is 10.2. The summed E-state index contributed by atoms with van der Waals surface area (Å²) in [4.78, 5) is 36.5. The van der Waals surface area contributed by atoms with Gasteiger partial charge in [0.1, 0.15) is 12.4 Å². The van der Waals surface area contributed by atoms with Crippen molar-refractivity contribution in [3.8, 4) is 5.88 Å². The zero-order chi connectivity index (χ0) is 26.5. The minimum atomic E-state index is -3.80. The second-order valence-corrected chi connectivity index (χ2v) is 10.6. The number of pyridine rings is 1. The summed E-state index contributed by atoms with van der Waals surface area (Å²) in [5.74, 6) is 0.377. The molecule has 0 unspecified atom stereocenters. The third kappa shape index (κ3) is 5.99. The molecule has 14 heteroatoms. The van der Waals surface area contributed by atoms with Crippen LogP contribution in [0.3, 0.4) is 0 Å². The van der Waals surface area contributed by atoms with E-state index in [1.807, 2.05) is 0 Å². The van der Waals surface area contributed by atoms with Crippen molar-refractivity contribution >= 4 is 55.7 Å². The van der Waals surface area contributed by atoms with Gasteiger partial charge in [-0.25, -0.2) is 18.1 Å². The first-order chi connectivity index (χ1) is 18.4. The summed E-state index contributed by atoms with van der Waals surface area (Å²) in [6.07, 6.45) is 6.10. The van der Waals surface area contributed by atoms with Crippen LogP contribution >= 0.6 is 11.8 Å². The number of benzene rings is 1. The second kappa shape index (κ2) is 11.0. The minimum Gasteiger partial charge on any atom is -0.469 e. The number of amides is 2. The van der Waals surface area contributed by atoms with E-state index in [0.717, 1.165) is 11.8 Å². The van der Waals surface area contributed by atoms with Crippen LogP contribution in [-0.4, -0.2) is 47.6 Å². The molecule has 5 rings (SSSR count). The van der Waals surface area contributed by atoms with Crippen LogP contribution in [0.5, 0.6) is 5.88 Å². The second-order valence-electron chi connectivity index (χ2n) is 7.85. The molecule has 0 spiro atoms. The molecule has 0 atom stereocenters.